The molecule has 1 aliphatic heterocycles. The summed E-state index contributed by atoms with van der Waals surface area (Å²) in [6.45, 7) is 0.610. The number of nitrogens with zero attached hydrogens (tertiary/aromatic N) is 2. The molecule has 5 heteroatoms. The number of hydrogen-bond acceptors (Lipinski definition) is 4. The molecule has 0 N–H and O–H groups in total. The average molecular weight is 227 g/mol. The minimum absolute atomic E-state index is 0.610. The van der Waals surface area contributed by atoms with E-state index in [0.29, 0.717) is 18.0 Å². The summed E-state index contributed by atoms with van der Waals surface area (Å²) in [5.74, 6) is 1.36. The van der Waals surface area contributed by atoms with Gasteiger partial charge in [-0.25, -0.2) is 4.42 Å². The first-order valence-corrected chi connectivity index (χ1v) is 4.80. The molecule has 0 bridgehead atoms. The van der Waals surface area contributed by atoms with Gasteiger partial charge in [0.2, 0.25) is 0 Å². The lowest BCUT2D eigenvalue weighted by atomic mass is 10.1. The Balaban J connectivity index is 2.51. The third-order valence-electron chi connectivity index (χ3n) is 2.26. The normalized spacial score (nSPS) is 13.7. The van der Waals surface area contributed by atoms with Gasteiger partial charge in [0.05, 0.1) is 26.5 Å². The molecule has 0 spiro atoms. The first-order valence-electron chi connectivity index (χ1n) is 4.46. The Morgan fingerprint density at radius 2 is 1.93 bits per heavy atom. The fourth-order valence-electron chi connectivity index (χ4n) is 1.51. The first-order chi connectivity index (χ1) is 7.26. The molecule has 0 aromatic heterocycles. The van der Waals surface area contributed by atoms with E-state index in [4.69, 9.17) is 21.3 Å². The minimum Gasteiger partial charge on any atom is -0.493 e. The molecule has 0 radical (unpaired) electrons. The molecule has 1 aromatic rings. The van der Waals surface area contributed by atoms with Gasteiger partial charge in [0, 0.05) is 23.4 Å². The van der Waals surface area contributed by atoms with E-state index in [1.807, 2.05) is 12.1 Å². The van der Waals surface area contributed by atoms with Crippen molar-refractivity contribution in [3.8, 4) is 11.5 Å². The van der Waals surface area contributed by atoms with Crippen molar-refractivity contribution in [3.05, 3.63) is 17.7 Å². The number of benzene rings is 1. The maximum Gasteiger partial charge on any atom is 0.162 e. The number of methoxy groups -OCH3 is 2. The summed E-state index contributed by atoms with van der Waals surface area (Å²) in [5.41, 5.74) is 1.90. The van der Waals surface area contributed by atoms with Crippen LogP contribution in [0.25, 0.3) is 0 Å². The summed E-state index contributed by atoms with van der Waals surface area (Å²) in [6.07, 6.45) is 1.58. The van der Waals surface area contributed by atoms with Crippen LogP contribution in [-0.4, -0.2) is 20.6 Å². The summed E-state index contributed by atoms with van der Waals surface area (Å²) in [4.78, 5) is 4.10. The lowest BCUT2D eigenvalue weighted by molar-refractivity contribution is 0.354. The van der Waals surface area contributed by atoms with Crippen LogP contribution in [0.15, 0.2) is 17.1 Å². The fraction of sp³-hybridized carbons (Fsp3) is 0.300. The zero-order chi connectivity index (χ0) is 10.8. The Kier molecular flexibility index (Phi) is 2.68. The van der Waals surface area contributed by atoms with Crippen LogP contribution in [0.4, 0.5) is 5.69 Å². The van der Waals surface area contributed by atoms with Crippen molar-refractivity contribution in [2.75, 3.05) is 18.6 Å². The Hall–Kier alpha value is -1.42. The number of hydrogen-bond donors (Lipinski definition) is 0. The van der Waals surface area contributed by atoms with E-state index in [1.54, 1.807) is 20.6 Å². The van der Waals surface area contributed by atoms with E-state index in [9.17, 15) is 0 Å². The predicted molar refractivity (Wildman–Crippen MR) is 60.1 cm³/mol. The average Bonchev–Trinajstić information content (AvgIpc) is 2.28. The van der Waals surface area contributed by atoms with Crippen LogP contribution in [-0.2, 0) is 6.54 Å². The lowest BCUT2D eigenvalue weighted by Gasteiger charge is -2.20. The van der Waals surface area contributed by atoms with Crippen molar-refractivity contribution < 1.29 is 9.47 Å². The van der Waals surface area contributed by atoms with E-state index in [0.717, 1.165) is 11.3 Å². The van der Waals surface area contributed by atoms with Gasteiger partial charge in [-0.05, 0) is 6.07 Å². The molecule has 80 valence electrons. The molecule has 0 saturated carbocycles. The number of anilines is 1. The number of rotatable bonds is 2. The molecule has 15 heavy (non-hydrogen) atoms. The van der Waals surface area contributed by atoms with Gasteiger partial charge in [-0.3, -0.25) is 4.99 Å². The molecule has 1 aromatic carbocycles. The van der Waals surface area contributed by atoms with E-state index < -0.39 is 0 Å². The van der Waals surface area contributed by atoms with Crippen LogP contribution in [0.2, 0.25) is 0 Å². The van der Waals surface area contributed by atoms with Crippen molar-refractivity contribution in [1.29, 1.82) is 0 Å². The Morgan fingerprint density at radius 1 is 1.27 bits per heavy atom. The van der Waals surface area contributed by atoms with Gasteiger partial charge in [0.25, 0.3) is 0 Å². The van der Waals surface area contributed by atoms with Crippen LogP contribution in [0, 0.1) is 0 Å². The molecule has 0 amide bonds. The second-order valence-electron chi connectivity index (χ2n) is 3.10. The first kappa shape index (κ1) is 10.1. The Morgan fingerprint density at radius 3 is 2.60 bits per heavy atom. The topological polar surface area (TPSA) is 34.1 Å². The molecule has 0 aliphatic carbocycles. The third kappa shape index (κ3) is 1.72. The quantitative estimate of drug-likeness (QED) is 0.725. The van der Waals surface area contributed by atoms with E-state index in [1.165, 1.54) is 4.42 Å². The second-order valence-corrected chi connectivity index (χ2v) is 3.47. The fourth-order valence-corrected chi connectivity index (χ4v) is 1.73. The summed E-state index contributed by atoms with van der Waals surface area (Å²) < 4.78 is 11.8. The van der Waals surface area contributed by atoms with E-state index in [-0.39, 0.29) is 0 Å². The number of fused-ring (bicyclic) bond motifs is 1. The standard InChI is InChI=1S/C10H11ClN2O2/c1-14-9-3-7-5-12-6-13(11)8(7)4-10(9)15-2/h3-4,6H,5H2,1-2H3. The van der Waals surface area contributed by atoms with Crippen LogP contribution in [0.1, 0.15) is 5.56 Å². The molecule has 0 fully saturated rings. The summed E-state index contributed by atoms with van der Waals surface area (Å²) in [6, 6.07) is 3.73. The monoisotopic (exact) mass is 226 g/mol. The minimum atomic E-state index is 0.610. The highest BCUT2D eigenvalue weighted by atomic mass is 35.5. The highest BCUT2D eigenvalue weighted by Gasteiger charge is 2.16. The van der Waals surface area contributed by atoms with Crippen LogP contribution >= 0.6 is 11.8 Å². The summed E-state index contributed by atoms with van der Waals surface area (Å²) >= 11 is 5.96. The smallest absolute Gasteiger partial charge is 0.162 e. The molecule has 1 heterocycles. The van der Waals surface area contributed by atoms with Gasteiger partial charge >= 0.3 is 0 Å². The second kappa shape index (κ2) is 3.98. The molecule has 2 rings (SSSR count). The maximum atomic E-state index is 5.96. The Bertz CT molecular complexity index is 407. The van der Waals surface area contributed by atoms with Crippen molar-refractivity contribution in [1.82, 2.24) is 0 Å². The van der Waals surface area contributed by atoms with Gasteiger partial charge in [0.15, 0.2) is 11.5 Å². The molecule has 0 atom stereocenters. The molecule has 0 unspecified atom stereocenters. The summed E-state index contributed by atoms with van der Waals surface area (Å²) in [7, 11) is 3.20. The third-order valence-corrected chi connectivity index (χ3v) is 2.53. The number of aliphatic imine (C=N–C) groups is 1. The predicted octanol–water partition coefficient (Wildman–Crippen LogP) is 2.21. The number of ether oxygens (including phenoxy) is 2. The van der Waals surface area contributed by atoms with Gasteiger partial charge in [-0.2, -0.15) is 0 Å². The van der Waals surface area contributed by atoms with Gasteiger partial charge in [-0.1, -0.05) is 0 Å². The number of halogens is 1. The van der Waals surface area contributed by atoms with Crippen molar-refractivity contribution in [2.45, 2.75) is 6.54 Å². The Labute approximate surface area is 93.2 Å². The van der Waals surface area contributed by atoms with Crippen LogP contribution in [0.5, 0.6) is 11.5 Å². The molecular formula is C10H11ClN2O2. The van der Waals surface area contributed by atoms with Crippen molar-refractivity contribution in [3.63, 3.8) is 0 Å². The zero-order valence-corrected chi connectivity index (χ0v) is 9.28. The maximum absolute atomic E-state index is 5.96. The van der Waals surface area contributed by atoms with Crippen molar-refractivity contribution in [2.24, 2.45) is 4.99 Å². The SMILES string of the molecule is COc1cc2c(cc1OC)N(Cl)C=NC2. The lowest BCUT2D eigenvalue weighted by Crippen LogP contribution is -2.14. The van der Waals surface area contributed by atoms with E-state index in [2.05, 4.69) is 4.99 Å². The van der Waals surface area contributed by atoms with Gasteiger partial charge in [0.1, 0.15) is 6.34 Å². The zero-order valence-electron chi connectivity index (χ0n) is 8.53. The highest BCUT2D eigenvalue weighted by molar-refractivity contribution is 6.34. The molecule has 0 saturated heterocycles. The molecular weight excluding hydrogens is 216 g/mol. The van der Waals surface area contributed by atoms with Crippen LogP contribution < -0.4 is 13.9 Å². The molecule has 1 aliphatic rings. The highest BCUT2D eigenvalue weighted by Crippen LogP contribution is 2.36. The van der Waals surface area contributed by atoms with E-state index >= 15 is 0 Å². The van der Waals surface area contributed by atoms with Gasteiger partial charge in [-0.15, -0.1) is 0 Å². The van der Waals surface area contributed by atoms with Crippen LogP contribution in [0.3, 0.4) is 0 Å². The largest absolute Gasteiger partial charge is 0.493 e. The van der Waals surface area contributed by atoms with Crippen molar-refractivity contribution >= 4 is 23.8 Å². The van der Waals surface area contributed by atoms with Gasteiger partial charge < -0.3 is 9.47 Å². The summed E-state index contributed by atoms with van der Waals surface area (Å²) in [5, 5.41) is 0. The molecule has 4 nitrogen and oxygen atoms in total.